The second-order valence-electron chi connectivity index (χ2n) is 6.68. The molecular weight excluding hydrogens is 354 g/mol. The van der Waals surface area contributed by atoms with Gasteiger partial charge in [0, 0.05) is 31.8 Å². The van der Waals surface area contributed by atoms with Crippen LogP contribution < -0.4 is 4.74 Å². The summed E-state index contributed by atoms with van der Waals surface area (Å²) >= 11 is 6.12. The Balaban J connectivity index is 1.42. The van der Waals surface area contributed by atoms with Gasteiger partial charge in [0.05, 0.1) is 11.6 Å². The summed E-state index contributed by atoms with van der Waals surface area (Å²) in [5, 5.41) is 4.38. The normalized spacial score (nSPS) is 17.3. The average molecular weight is 378 g/mol. The van der Waals surface area contributed by atoms with Crippen LogP contribution in [0.25, 0.3) is 0 Å². The van der Waals surface area contributed by atoms with Crippen LogP contribution in [0, 0.1) is 12.8 Å². The molecule has 1 amide bonds. The first-order valence-electron chi connectivity index (χ1n) is 9.06. The van der Waals surface area contributed by atoms with Crippen molar-refractivity contribution in [2.45, 2.75) is 39.0 Å². The molecule has 1 unspecified atom stereocenters. The number of aromatic nitrogens is 2. The van der Waals surface area contributed by atoms with Gasteiger partial charge in [0.15, 0.2) is 5.82 Å². The number of amides is 1. The van der Waals surface area contributed by atoms with E-state index in [0.717, 1.165) is 32.4 Å². The molecule has 0 N–H and O–H groups in total. The van der Waals surface area contributed by atoms with E-state index >= 15 is 0 Å². The monoisotopic (exact) mass is 377 g/mol. The van der Waals surface area contributed by atoms with Gasteiger partial charge in [-0.25, -0.2) is 0 Å². The third-order valence-electron chi connectivity index (χ3n) is 4.53. The lowest BCUT2D eigenvalue weighted by Gasteiger charge is -2.32. The van der Waals surface area contributed by atoms with Gasteiger partial charge in [0.1, 0.15) is 5.75 Å². The zero-order valence-electron chi connectivity index (χ0n) is 15.0. The van der Waals surface area contributed by atoms with E-state index in [1.54, 1.807) is 6.92 Å². The molecule has 0 spiro atoms. The molecule has 1 saturated heterocycles. The van der Waals surface area contributed by atoms with Gasteiger partial charge in [-0.15, -0.1) is 0 Å². The summed E-state index contributed by atoms with van der Waals surface area (Å²) in [5.41, 5.74) is 0. The quantitative estimate of drug-likeness (QED) is 0.736. The van der Waals surface area contributed by atoms with Crippen molar-refractivity contribution < 1.29 is 14.1 Å². The SMILES string of the molecule is Cc1noc(CCCC(=O)N2CCCC(COc3ccccc3Cl)C2)n1. The zero-order valence-corrected chi connectivity index (χ0v) is 15.7. The van der Waals surface area contributed by atoms with Crippen molar-refractivity contribution in [1.82, 2.24) is 15.0 Å². The number of hydrogen-bond donors (Lipinski definition) is 0. The fourth-order valence-corrected chi connectivity index (χ4v) is 3.38. The third-order valence-corrected chi connectivity index (χ3v) is 4.85. The van der Waals surface area contributed by atoms with Crippen molar-refractivity contribution in [1.29, 1.82) is 0 Å². The van der Waals surface area contributed by atoms with Crippen LogP contribution >= 0.6 is 11.6 Å². The van der Waals surface area contributed by atoms with Crippen LogP contribution in [-0.4, -0.2) is 40.6 Å². The van der Waals surface area contributed by atoms with Crippen molar-refractivity contribution in [3.05, 3.63) is 41.0 Å². The van der Waals surface area contributed by atoms with Gasteiger partial charge < -0.3 is 14.2 Å². The Hall–Kier alpha value is -2.08. The molecule has 3 rings (SSSR count). The molecule has 1 fully saturated rings. The van der Waals surface area contributed by atoms with Gasteiger partial charge in [-0.1, -0.05) is 28.9 Å². The molecule has 26 heavy (non-hydrogen) atoms. The molecule has 6 nitrogen and oxygen atoms in total. The molecule has 2 aromatic rings. The molecule has 0 aliphatic carbocycles. The van der Waals surface area contributed by atoms with E-state index in [9.17, 15) is 4.79 Å². The van der Waals surface area contributed by atoms with Crippen LogP contribution in [0.2, 0.25) is 5.02 Å². The van der Waals surface area contributed by atoms with Gasteiger partial charge >= 0.3 is 0 Å². The average Bonchev–Trinajstić information content (AvgIpc) is 3.06. The molecule has 1 aromatic carbocycles. The minimum absolute atomic E-state index is 0.184. The van der Waals surface area contributed by atoms with Gasteiger partial charge in [-0.2, -0.15) is 4.98 Å². The summed E-state index contributed by atoms with van der Waals surface area (Å²) in [5.74, 6) is 2.45. The second kappa shape index (κ2) is 9.03. The number of benzene rings is 1. The lowest BCUT2D eigenvalue weighted by Crippen LogP contribution is -2.41. The van der Waals surface area contributed by atoms with E-state index < -0.39 is 0 Å². The number of likely N-dealkylation sites (tertiary alicyclic amines) is 1. The standard InChI is InChI=1S/C19H24ClN3O3/c1-14-21-18(26-22-14)9-4-10-19(24)23-11-5-6-15(12-23)13-25-17-8-3-2-7-16(17)20/h2-3,7-8,15H,4-6,9-13H2,1H3. The highest BCUT2D eigenvalue weighted by Gasteiger charge is 2.24. The maximum Gasteiger partial charge on any atom is 0.226 e. The van der Waals surface area contributed by atoms with Crippen molar-refractivity contribution in [3.63, 3.8) is 0 Å². The molecule has 7 heteroatoms. The molecule has 140 valence electrons. The number of para-hydroxylation sites is 1. The Morgan fingerprint density at radius 1 is 1.42 bits per heavy atom. The van der Waals surface area contributed by atoms with Gasteiger partial charge in [-0.05, 0) is 38.3 Å². The number of ether oxygens (including phenoxy) is 1. The van der Waals surface area contributed by atoms with E-state index in [2.05, 4.69) is 10.1 Å². The second-order valence-corrected chi connectivity index (χ2v) is 7.09. The number of aryl methyl sites for hydroxylation is 2. The summed E-state index contributed by atoms with van der Waals surface area (Å²) in [7, 11) is 0. The maximum atomic E-state index is 12.5. The van der Waals surface area contributed by atoms with Crippen molar-refractivity contribution in [2.24, 2.45) is 5.92 Å². The van der Waals surface area contributed by atoms with Crippen molar-refractivity contribution in [3.8, 4) is 5.75 Å². The summed E-state index contributed by atoms with van der Waals surface area (Å²) in [4.78, 5) is 18.6. The Bertz CT molecular complexity index is 734. The minimum Gasteiger partial charge on any atom is -0.492 e. The van der Waals surface area contributed by atoms with E-state index in [1.165, 1.54) is 0 Å². The predicted molar refractivity (Wildman–Crippen MR) is 98.2 cm³/mol. The van der Waals surface area contributed by atoms with E-state index in [1.807, 2.05) is 29.2 Å². The van der Waals surface area contributed by atoms with Gasteiger partial charge in [-0.3, -0.25) is 4.79 Å². The van der Waals surface area contributed by atoms with Gasteiger partial charge in [0.2, 0.25) is 11.8 Å². The molecule has 1 atom stereocenters. The number of carbonyl (C=O) groups excluding carboxylic acids is 1. The molecule has 0 saturated carbocycles. The Labute approximate surface area is 158 Å². The first kappa shape index (κ1) is 18.7. The molecule has 2 heterocycles. The largest absolute Gasteiger partial charge is 0.492 e. The Morgan fingerprint density at radius 3 is 3.04 bits per heavy atom. The number of hydrogen-bond acceptors (Lipinski definition) is 5. The fourth-order valence-electron chi connectivity index (χ4n) is 3.19. The van der Waals surface area contributed by atoms with Crippen molar-refractivity contribution >= 4 is 17.5 Å². The minimum atomic E-state index is 0.184. The highest BCUT2D eigenvalue weighted by molar-refractivity contribution is 6.32. The molecule has 1 aromatic heterocycles. The molecule has 0 bridgehead atoms. The van der Waals surface area contributed by atoms with Crippen LogP contribution in [0.1, 0.15) is 37.4 Å². The topological polar surface area (TPSA) is 68.5 Å². The molecule has 1 aliphatic heterocycles. The van der Waals surface area contributed by atoms with E-state index in [0.29, 0.717) is 47.9 Å². The van der Waals surface area contributed by atoms with Crippen LogP contribution in [0.5, 0.6) is 5.75 Å². The predicted octanol–water partition coefficient (Wildman–Crippen LogP) is 3.67. The molecular formula is C19H24ClN3O3. The lowest BCUT2D eigenvalue weighted by atomic mass is 9.98. The van der Waals surface area contributed by atoms with Gasteiger partial charge in [0.25, 0.3) is 0 Å². The zero-order chi connectivity index (χ0) is 18.4. The van der Waals surface area contributed by atoms with Crippen molar-refractivity contribution in [2.75, 3.05) is 19.7 Å². The first-order chi connectivity index (χ1) is 12.6. The number of halogens is 1. The highest BCUT2D eigenvalue weighted by Crippen LogP contribution is 2.25. The number of nitrogens with zero attached hydrogens (tertiary/aromatic N) is 3. The highest BCUT2D eigenvalue weighted by atomic mass is 35.5. The summed E-state index contributed by atoms with van der Waals surface area (Å²) < 4.78 is 10.9. The first-order valence-corrected chi connectivity index (χ1v) is 9.44. The number of piperidine rings is 1. The Morgan fingerprint density at radius 2 is 2.27 bits per heavy atom. The van der Waals surface area contributed by atoms with Crippen LogP contribution in [0.15, 0.2) is 28.8 Å². The molecule has 0 radical (unpaired) electrons. The summed E-state index contributed by atoms with van der Waals surface area (Å²) in [6.45, 7) is 3.93. The van der Waals surface area contributed by atoms with Crippen LogP contribution in [-0.2, 0) is 11.2 Å². The fraction of sp³-hybridized carbons (Fsp3) is 0.526. The number of rotatable bonds is 7. The van der Waals surface area contributed by atoms with E-state index in [4.69, 9.17) is 20.9 Å². The lowest BCUT2D eigenvalue weighted by molar-refractivity contribution is -0.133. The van der Waals surface area contributed by atoms with Crippen LogP contribution in [0.4, 0.5) is 0 Å². The van der Waals surface area contributed by atoms with Crippen LogP contribution in [0.3, 0.4) is 0 Å². The maximum absolute atomic E-state index is 12.5. The number of carbonyl (C=O) groups is 1. The summed E-state index contributed by atoms with van der Waals surface area (Å²) in [6, 6.07) is 7.47. The van der Waals surface area contributed by atoms with E-state index in [-0.39, 0.29) is 5.91 Å². The summed E-state index contributed by atoms with van der Waals surface area (Å²) in [6.07, 6.45) is 3.93. The molecule has 1 aliphatic rings. The Kier molecular flexibility index (Phi) is 6.50. The smallest absolute Gasteiger partial charge is 0.226 e. The third kappa shape index (κ3) is 5.21.